The van der Waals surface area contributed by atoms with Crippen LogP contribution in [0.2, 0.25) is 0 Å². The predicted molar refractivity (Wildman–Crippen MR) is 106 cm³/mol. The number of thioether (sulfide) groups is 1. The Labute approximate surface area is 159 Å². The van der Waals surface area contributed by atoms with Crippen LogP contribution >= 0.6 is 11.8 Å². The van der Waals surface area contributed by atoms with Crippen molar-refractivity contribution >= 4 is 29.3 Å². The van der Waals surface area contributed by atoms with E-state index in [2.05, 4.69) is 4.90 Å². The minimum absolute atomic E-state index is 0.0303. The molecule has 0 aromatic heterocycles. The number of carbonyl (C=O) groups excluding carboxylic acids is 2. The van der Waals surface area contributed by atoms with Crippen molar-refractivity contribution in [2.24, 2.45) is 0 Å². The summed E-state index contributed by atoms with van der Waals surface area (Å²) in [6.07, 6.45) is 2.40. The average molecular weight is 374 g/mol. The van der Waals surface area contributed by atoms with Crippen molar-refractivity contribution in [3.05, 3.63) is 29.8 Å². The molecule has 2 fully saturated rings. The Morgan fingerprint density at radius 2 is 1.77 bits per heavy atom. The van der Waals surface area contributed by atoms with Crippen LogP contribution in [0.15, 0.2) is 24.3 Å². The molecule has 3 heterocycles. The molecule has 0 aliphatic carbocycles. The summed E-state index contributed by atoms with van der Waals surface area (Å²) in [5.41, 5.74) is 1.87. The number of benzene rings is 1. The van der Waals surface area contributed by atoms with Crippen molar-refractivity contribution in [3.8, 4) is 0 Å². The Bertz CT molecular complexity index is 681. The molecule has 0 bridgehead atoms. The van der Waals surface area contributed by atoms with Gasteiger partial charge in [0.05, 0.1) is 5.92 Å². The van der Waals surface area contributed by atoms with Crippen molar-refractivity contribution in [2.75, 3.05) is 49.6 Å². The Hall–Kier alpha value is -1.53. The van der Waals surface area contributed by atoms with Gasteiger partial charge in [-0.15, -0.1) is 0 Å². The topological polar surface area (TPSA) is 43.9 Å². The summed E-state index contributed by atoms with van der Waals surface area (Å²) in [7, 11) is 1.80. The zero-order valence-electron chi connectivity index (χ0n) is 15.4. The maximum atomic E-state index is 13.2. The van der Waals surface area contributed by atoms with Gasteiger partial charge in [0.1, 0.15) is 0 Å². The highest BCUT2D eigenvalue weighted by Crippen LogP contribution is 2.36. The number of hydrogen-bond acceptors (Lipinski definition) is 4. The Kier molecular flexibility index (Phi) is 5.23. The Morgan fingerprint density at radius 1 is 1.08 bits per heavy atom. The lowest BCUT2D eigenvalue weighted by molar-refractivity contribution is -0.136. The van der Waals surface area contributed by atoms with Crippen LogP contribution in [-0.2, 0) is 9.59 Å². The molecule has 1 aromatic rings. The molecule has 0 spiro atoms. The van der Waals surface area contributed by atoms with Crippen LogP contribution in [0.5, 0.6) is 0 Å². The van der Waals surface area contributed by atoms with Gasteiger partial charge < -0.3 is 9.80 Å². The van der Waals surface area contributed by atoms with E-state index in [9.17, 15) is 9.59 Å². The molecule has 3 aliphatic rings. The zero-order valence-corrected chi connectivity index (χ0v) is 16.2. The first kappa shape index (κ1) is 17.9. The van der Waals surface area contributed by atoms with Gasteiger partial charge in [-0.2, -0.15) is 11.8 Å². The molecule has 0 unspecified atom stereocenters. The zero-order chi connectivity index (χ0) is 18.1. The quantitative estimate of drug-likeness (QED) is 0.797. The molecular formula is C20H27N3O2S. The minimum Gasteiger partial charge on any atom is -0.342 e. The van der Waals surface area contributed by atoms with Crippen molar-refractivity contribution in [2.45, 2.75) is 31.2 Å². The van der Waals surface area contributed by atoms with Crippen molar-refractivity contribution < 1.29 is 9.59 Å². The van der Waals surface area contributed by atoms with Crippen LogP contribution in [0.1, 0.15) is 30.7 Å². The summed E-state index contributed by atoms with van der Waals surface area (Å²) in [5, 5.41) is 0. The first-order valence-corrected chi connectivity index (χ1v) is 10.8. The number of anilines is 1. The van der Waals surface area contributed by atoms with E-state index in [0.717, 1.165) is 37.2 Å². The second kappa shape index (κ2) is 7.61. The van der Waals surface area contributed by atoms with E-state index >= 15 is 0 Å². The van der Waals surface area contributed by atoms with Crippen molar-refractivity contribution in [3.63, 3.8) is 0 Å². The molecule has 2 saturated heterocycles. The highest BCUT2D eigenvalue weighted by atomic mass is 32.2. The van der Waals surface area contributed by atoms with Gasteiger partial charge in [0.25, 0.3) is 0 Å². The van der Waals surface area contributed by atoms with Crippen LogP contribution in [-0.4, -0.2) is 72.4 Å². The number of nitrogens with zero attached hydrogens (tertiary/aromatic N) is 3. The van der Waals surface area contributed by atoms with Gasteiger partial charge in [-0.1, -0.05) is 18.2 Å². The molecule has 0 radical (unpaired) electrons. The number of rotatable bonds is 2. The molecule has 3 aliphatic heterocycles. The highest BCUT2D eigenvalue weighted by Gasteiger charge is 2.37. The molecule has 26 heavy (non-hydrogen) atoms. The molecular weight excluding hydrogens is 346 g/mol. The SMILES string of the molecule is CN1C(=O)C[C@H](C(=O)N2CCC(N3CCSCC3)CC2)c2ccccc21. The molecule has 140 valence electrons. The summed E-state index contributed by atoms with van der Waals surface area (Å²) in [6.45, 7) is 3.99. The standard InChI is InChI=1S/C20H27N3O2S/c1-21-18-5-3-2-4-16(18)17(14-19(21)24)20(25)23-8-6-15(7-9-23)22-10-12-26-13-11-22/h2-5,15,17H,6-14H2,1H3/t17-/m0/s1. The summed E-state index contributed by atoms with van der Waals surface area (Å²) < 4.78 is 0. The number of carbonyl (C=O) groups is 2. The number of hydrogen-bond donors (Lipinski definition) is 0. The van der Waals surface area contributed by atoms with Gasteiger partial charge >= 0.3 is 0 Å². The second-order valence-electron chi connectivity index (χ2n) is 7.47. The third-order valence-electron chi connectivity index (χ3n) is 6.06. The monoisotopic (exact) mass is 373 g/mol. The van der Waals surface area contributed by atoms with Crippen molar-refractivity contribution in [1.82, 2.24) is 9.80 Å². The lowest BCUT2D eigenvalue weighted by Gasteiger charge is -2.41. The number of piperidine rings is 1. The fourth-order valence-electron chi connectivity index (χ4n) is 4.48. The molecule has 2 amide bonds. The van der Waals surface area contributed by atoms with Gasteiger partial charge in [-0.05, 0) is 24.5 Å². The Balaban J connectivity index is 1.44. The minimum atomic E-state index is -0.321. The summed E-state index contributed by atoms with van der Waals surface area (Å²) in [5.74, 6) is 2.30. The smallest absolute Gasteiger partial charge is 0.230 e. The number of para-hydroxylation sites is 1. The molecule has 4 rings (SSSR count). The maximum Gasteiger partial charge on any atom is 0.230 e. The fraction of sp³-hybridized carbons (Fsp3) is 0.600. The number of likely N-dealkylation sites (tertiary alicyclic amines) is 1. The van der Waals surface area contributed by atoms with Gasteiger partial charge in [-0.3, -0.25) is 14.5 Å². The van der Waals surface area contributed by atoms with Crippen LogP contribution < -0.4 is 4.90 Å². The third-order valence-corrected chi connectivity index (χ3v) is 7.01. The van der Waals surface area contributed by atoms with Crippen LogP contribution in [0.25, 0.3) is 0 Å². The van der Waals surface area contributed by atoms with Gasteiger partial charge in [-0.25, -0.2) is 0 Å². The van der Waals surface area contributed by atoms with E-state index in [1.165, 1.54) is 24.6 Å². The molecule has 1 atom stereocenters. The molecule has 0 saturated carbocycles. The van der Waals surface area contributed by atoms with Crippen LogP contribution in [0.3, 0.4) is 0 Å². The third kappa shape index (κ3) is 3.37. The lowest BCUT2D eigenvalue weighted by Crippen LogP contribution is -2.50. The van der Waals surface area contributed by atoms with Crippen LogP contribution in [0, 0.1) is 0 Å². The predicted octanol–water partition coefficient (Wildman–Crippen LogP) is 2.18. The first-order chi connectivity index (χ1) is 12.6. The average Bonchev–Trinajstić information content (AvgIpc) is 2.71. The van der Waals surface area contributed by atoms with E-state index < -0.39 is 0 Å². The first-order valence-electron chi connectivity index (χ1n) is 9.61. The maximum absolute atomic E-state index is 13.2. The molecule has 6 heteroatoms. The van der Waals surface area contributed by atoms with E-state index in [1.54, 1.807) is 11.9 Å². The molecule has 1 aromatic carbocycles. The lowest BCUT2D eigenvalue weighted by atomic mass is 9.87. The summed E-state index contributed by atoms with van der Waals surface area (Å²) in [4.78, 5) is 31.8. The normalized spacial score (nSPS) is 25.3. The second-order valence-corrected chi connectivity index (χ2v) is 8.70. The molecule has 5 nitrogen and oxygen atoms in total. The van der Waals surface area contributed by atoms with E-state index in [-0.39, 0.29) is 24.2 Å². The van der Waals surface area contributed by atoms with E-state index in [1.807, 2.05) is 40.9 Å². The summed E-state index contributed by atoms with van der Waals surface area (Å²) in [6, 6.07) is 8.44. The van der Waals surface area contributed by atoms with Gasteiger partial charge in [0.15, 0.2) is 0 Å². The van der Waals surface area contributed by atoms with Crippen LogP contribution in [0.4, 0.5) is 5.69 Å². The van der Waals surface area contributed by atoms with E-state index in [0.29, 0.717) is 6.04 Å². The fourth-order valence-corrected chi connectivity index (χ4v) is 5.41. The number of fused-ring (bicyclic) bond motifs is 1. The molecule has 0 N–H and O–H groups in total. The summed E-state index contributed by atoms with van der Waals surface area (Å²) >= 11 is 2.04. The number of amides is 2. The van der Waals surface area contributed by atoms with Crippen molar-refractivity contribution in [1.29, 1.82) is 0 Å². The van der Waals surface area contributed by atoms with Gasteiger partial charge in [0.2, 0.25) is 11.8 Å². The largest absolute Gasteiger partial charge is 0.342 e. The highest BCUT2D eigenvalue weighted by molar-refractivity contribution is 7.99. The Morgan fingerprint density at radius 3 is 2.50 bits per heavy atom. The van der Waals surface area contributed by atoms with Gasteiger partial charge in [0, 0.05) is 62.9 Å². The van der Waals surface area contributed by atoms with E-state index in [4.69, 9.17) is 0 Å².